The molecule has 1 fully saturated rings. The van der Waals surface area contributed by atoms with Gasteiger partial charge in [-0.1, -0.05) is 0 Å². The minimum absolute atomic E-state index is 0.570. The molecule has 0 nitrogen and oxygen atoms in total. The predicted molar refractivity (Wildman–Crippen MR) is 183 cm³/mol. The molecule has 0 N–H and O–H groups in total. The molecule has 2 atom stereocenters. The molecular weight excluding hydrogens is 687 g/mol. The van der Waals surface area contributed by atoms with E-state index in [0.29, 0.717) is 5.92 Å². The van der Waals surface area contributed by atoms with Gasteiger partial charge in [0.15, 0.2) is 0 Å². The third kappa shape index (κ3) is 5.03. The van der Waals surface area contributed by atoms with E-state index in [1.165, 1.54) is 73.5 Å². The van der Waals surface area contributed by atoms with E-state index in [0.717, 1.165) is 3.67 Å². The number of hydrogen-bond donors (Lipinski definition) is 0. The Morgan fingerprint density at radius 3 is 1.74 bits per heavy atom. The number of hydrogen-bond acceptors (Lipinski definition) is 0. The zero-order valence-corrected chi connectivity index (χ0v) is 31.3. The molecular formula is C40H44HfSi. The molecule has 1 aliphatic heterocycles. The summed E-state index contributed by atoms with van der Waals surface area (Å²) in [7, 11) is -0.570. The molecule has 0 aromatic heterocycles. The zero-order chi connectivity index (χ0) is 29.2. The van der Waals surface area contributed by atoms with Crippen LogP contribution >= 0.6 is 0 Å². The van der Waals surface area contributed by atoms with Crippen LogP contribution < -0.4 is 0 Å². The summed E-state index contributed by atoms with van der Waals surface area (Å²) in [6.07, 6.45) is 9.49. The zero-order valence-electron chi connectivity index (χ0n) is 26.3. The fraction of sp³-hybridized carbons (Fsp3) is 0.300. The van der Waals surface area contributed by atoms with Crippen LogP contribution in [0.15, 0.2) is 83.2 Å². The van der Waals surface area contributed by atoms with E-state index in [1.54, 1.807) is 21.9 Å². The molecule has 0 radical (unpaired) electrons. The summed E-state index contributed by atoms with van der Waals surface area (Å²) >= 11 is -2.58. The summed E-state index contributed by atoms with van der Waals surface area (Å²) in [6.45, 7) is 8.94. The second-order valence-electron chi connectivity index (χ2n) is 14.2. The number of rotatable bonds is 2. The molecule has 0 spiro atoms. The summed E-state index contributed by atoms with van der Waals surface area (Å²) in [5.74, 6) is 0.611. The first-order valence-electron chi connectivity index (χ1n) is 16.0. The van der Waals surface area contributed by atoms with Crippen molar-refractivity contribution in [1.29, 1.82) is 0 Å². The number of fused-ring (bicyclic) bond motifs is 6. The Morgan fingerprint density at radius 1 is 0.619 bits per heavy atom. The molecule has 0 saturated carbocycles. The average molecular weight is 731 g/mol. The molecule has 42 heavy (non-hydrogen) atoms. The molecule has 0 bridgehead atoms. The van der Waals surface area contributed by atoms with Gasteiger partial charge >= 0.3 is 262 Å². The summed E-state index contributed by atoms with van der Waals surface area (Å²) in [5, 5.41) is 3.65. The molecule has 1 heterocycles. The molecule has 3 aliphatic rings. The van der Waals surface area contributed by atoms with E-state index in [-0.39, 0.29) is 0 Å². The maximum absolute atomic E-state index is 2.77. The molecule has 2 heteroatoms. The first kappa shape index (κ1) is 28.2. The Bertz CT molecular complexity index is 1750. The number of aryl methyl sites for hydroxylation is 4. The monoisotopic (exact) mass is 732 g/mol. The van der Waals surface area contributed by atoms with E-state index in [2.05, 4.69) is 122 Å². The Labute approximate surface area is 260 Å². The van der Waals surface area contributed by atoms with Gasteiger partial charge in [-0.3, -0.25) is 0 Å². The van der Waals surface area contributed by atoms with Crippen LogP contribution in [0.1, 0.15) is 73.4 Å². The van der Waals surface area contributed by atoms with Crippen LogP contribution in [-0.2, 0) is 20.0 Å². The molecule has 1 saturated heterocycles. The third-order valence-electron chi connectivity index (χ3n) is 10.3. The van der Waals surface area contributed by atoms with E-state index in [4.69, 9.17) is 0 Å². The van der Waals surface area contributed by atoms with Crippen molar-refractivity contribution in [3.63, 3.8) is 0 Å². The second kappa shape index (κ2) is 10.9. The molecule has 4 aromatic carbocycles. The Kier molecular flexibility index (Phi) is 7.30. The van der Waals surface area contributed by atoms with Gasteiger partial charge in [-0.05, 0) is 0 Å². The summed E-state index contributed by atoms with van der Waals surface area (Å²) < 4.78 is 7.80. The Hall–Kier alpha value is -2.55. The van der Waals surface area contributed by atoms with Gasteiger partial charge in [0, 0.05) is 0 Å². The topological polar surface area (TPSA) is 0 Å². The molecule has 212 valence electrons. The summed E-state index contributed by atoms with van der Waals surface area (Å²) in [6, 6.07) is 28.5. The Morgan fingerprint density at radius 2 is 1.14 bits per heavy atom. The van der Waals surface area contributed by atoms with Gasteiger partial charge in [0.2, 0.25) is 0 Å². The predicted octanol–water partition coefficient (Wildman–Crippen LogP) is 10.8. The molecule has 0 amide bonds. The van der Waals surface area contributed by atoms with E-state index in [9.17, 15) is 0 Å². The van der Waals surface area contributed by atoms with Crippen LogP contribution in [0.5, 0.6) is 0 Å². The first-order chi connectivity index (χ1) is 20.2. The van der Waals surface area contributed by atoms with Gasteiger partial charge in [-0.2, -0.15) is 0 Å². The van der Waals surface area contributed by atoms with Gasteiger partial charge in [0.25, 0.3) is 0 Å². The Balaban J connectivity index is 1.35. The van der Waals surface area contributed by atoms with Crippen molar-refractivity contribution in [2.24, 2.45) is 0 Å². The van der Waals surface area contributed by atoms with Crippen molar-refractivity contribution >= 4 is 21.7 Å². The maximum atomic E-state index is 2.77. The second-order valence-corrected chi connectivity index (χ2v) is 34.4. The number of allylic oxidation sites excluding steroid dienone is 2. The van der Waals surface area contributed by atoms with E-state index < -0.39 is 29.5 Å². The SMILES string of the molecule is Cc1cc(C)cc(-c2cccc3c2C=C2[SiH2]C4=Cc5c(-c6cc(C)cc(C)c6)cccc5[CH]4[Hf]([CH3])([CH3])[CH2]CCCC23)c1. The standard InChI is InChI=1S/C38H38Si.2CH3.Hf/c1-6-7-11-35-34-14-9-13-33(30-19-26(4)16-27(5)20-30)37(34)23-38(35)39-31-21-28-10-8-12-32(36(28)22-31)29-17-24(2)15-25(3)18-29;;;/h8-10,12-23,35H,1,6-7,11,39H2,2-5H3;2*1H3;. The first-order valence-corrected chi connectivity index (χ1v) is 29.2. The summed E-state index contributed by atoms with van der Waals surface area (Å²) in [4.78, 5) is 0. The minimum atomic E-state index is -2.58. The normalized spacial score (nSPS) is 21.2. The van der Waals surface area contributed by atoms with Gasteiger partial charge in [-0.25, -0.2) is 0 Å². The van der Waals surface area contributed by atoms with Gasteiger partial charge in [0.1, 0.15) is 0 Å². The van der Waals surface area contributed by atoms with E-state index >= 15 is 0 Å². The van der Waals surface area contributed by atoms with Crippen LogP contribution in [0.3, 0.4) is 0 Å². The van der Waals surface area contributed by atoms with E-state index in [1.807, 2.05) is 5.20 Å². The van der Waals surface area contributed by atoms with Gasteiger partial charge in [-0.15, -0.1) is 0 Å². The van der Waals surface area contributed by atoms with Crippen LogP contribution in [0, 0.1) is 27.7 Å². The van der Waals surface area contributed by atoms with Crippen molar-refractivity contribution < 1.29 is 20.0 Å². The van der Waals surface area contributed by atoms with Crippen LogP contribution in [-0.4, -0.2) is 9.52 Å². The third-order valence-corrected chi connectivity index (χ3v) is 27.8. The number of benzene rings is 4. The van der Waals surface area contributed by atoms with Gasteiger partial charge in [0.05, 0.1) is 0 Å². The average Bonchev–Trinajstić information content (AvgIpc) is 3.47. The van der Waals surface area contributed by atoms with Crippen LogP contribution in [0.2, 0.25) is 13.5 Å². The van der Waals surface area contributed by atoms with Crippen molar-refractivity contribution in [3.8, 4) is 22.3 Å². The molecule has 2 aliphatic carbocycles. The van der Waals surface area contributed by atoms with Crippen LogP contribution in [0.25, 0.3) is 34.4 Å². The fourth-order valence-electron chi connectivity index (χ4n) is 8.66. The van der Waals surface area contributed by atoms with Crippen molar-refractivity contribution in [3.05, 3.63) is 128 Å². The molecule has 4 aromatic rings. The van der Waals surface area contributed by atoms with Gasteiger partial charge < -0.3 is 0 Å². The summed E-state index contributed by atoms with van der Waals surface area (Å²) in [5.41, 5.74) is 17.4. The van der Waals surface area contributed by atoms with Crippen molar-refractivity contribution in [1.82, 2.24) is 0 Å². The fourth-order valence-corrected chi connectivity index (χ4v) is 29.5. The quantitative estimate of drug-likeness (QED) is 0.180. The molecule has 2 unspecified atom stereocenters. The molecule has 7 rings (SSSR count). The van der Waals surface area contributed by atoms with Crippen molar-refractivity contribution in [2.45, 2.75) is 70.1 Å². The van der Waals surface area contributed by atoms with Crippen molar-refractivity contribution in [2.75, 3.05) is 0 Å². The van der Waals surface area contributed by atoms with Crippen LogP contribution in [0.4, 0.5) is 0 Å².